The number of anilines is 1. The van der Waals surface area contributed by atoms with E-state index in [-0.39, 0.29) is 5.91 Å². The number of amides is 1. The number of pyridine rings is 1. The van der Waals surface area contributed by atoms with E-state index in [1.54, 1.807) is 23.7 Å². The van der Waals surface area contributed by atoms with Gasteiger partial charge in [-0.15, -0.1) is 11.3 Å². The van der Waals surface area contributed by atoms with E-state index in [0.717, 1.165) is 26.7 Å². The van der Waals surface area contributed by atoms with E-state index in [1.165, 1.54) is 6.39 Å². The topological polar surface area (TPSA) is 80.9 Å². The second-order valence-corrected chi connectivity index (χ2v) is 6.82. The number of oxazole rings is 1. The molecular weight excluding hydrogens is 348 g/mol. The van der Waals surface area contributed by atoms with Gasteiger partial charge in [0, 0.05) is 12.8 Å². The van der Waals surface area contributed by atoms with E-state index in [0.29, 0.717) is 24.9 Å². The maximum atomic E-state index is 12.0. The number of carbonyl (C=O) groups is 1. The molecule has 3 aromatic heterocycles. The van der Waals surface area contributed by atoms with Crippen LogP contribution in [0.3, 0.4) is 0 Å². The number of thiazole rings is 1. The first kappa shape index (κ1) is 16.4. The lowest BCUT2D eigenvalue weighted by molar-refractivity contribution is -0.116. The Kier molecular flexibility index (Phi) is 4.70. The number of hydrogen-bond donors (Lipinski definition) is 1. The second kappa shape index (κ2) is 7.45. The van der Waals surface area contributed by atoms with Crippen LogP contribution in [0.1, 0.15) is 18.6 Å². The highest BCUT2D eigenvalue weighted by Crippen LogP contribution is 2.29. The van der Waals surface area contributed by atoms with Crippen molar-refractivity contribution in [3.05, 3.63) is 60.9 Å². The van der Waals surface area contributed by atoms with Crippen molar-refractivity contribution in [3.8, 4) is 10.7 Å². The molecule has 0 radical (unpaired) electrons. The van der Waals surface area contributed by atoms with Crippen LogP contribution in [-0.2, 0) is 11.2 Å². The van der Waals surface area contributed by atoms with Gasteiger partial charge in [0.1, 0.15) is 10.8 Å². The molecule has 4 aromatic rings. The number of nitrogens with zero attached hydrogens (tertiary/aromatic N) is 3. The van der Waals surface area contributed by atoms with E-state index in [4.69, 9.17) is 4.42 Å². The smallest absolute Gasteiger partial charge is 0.224 e. The quantitative estimate of drug-likeness (QED) is 0.551. The van der Waals surface area contributed by atoms with Gasteiger partial charge >= 0.3 is 0 Å². The molecule has 0 unspecified atom stereocenters. The van der Waals surface area contributed by atoms with Crippen molar-refractivity contribution in [3.63, 3.8) is 0 Å². The lowest BCUT2D eigenvalue weighted by Gasteiger charge is -2.05. The molecule has 7 heteroatoms. The summed E-state index contributed by atoms with van der Waals surface area (Å²) in [5, 5.41) is 3.73. The summed E-state index contributed by atoms with van der Waals surface area (Å²) in [6.07, 6.45) is 6.55. The van der Waals surface area contributed by atoms with Crippen molar-refractivity contribution in [1.29, 1.82) is 0 Å². The molecule has 0 bridgehead atoms. The zero-order valence-corrected chi connectivity index (χ0v) is 14.7. The number of aryl methyl sites for hydroxylation is 1. The molecule has 6 nitrogen and oxygen atoms in total. The summed E-state index contributed by atoms with van der Waals surface area (Å²) in [6.45, 7) is 0. The van der Waals surface area contributed by atoms with E-state index in [9.17, 15) is 4.79 Å². The van der Waals surface area contributed by atoms with E-state index < -0.39 is 0 Å². The summed E-state index contributed by atoms with van der Waals surface area (Å²) in [6, 6.07) is 11.7. The molecule has 3 heterocycles. The first-order valence-corrected chi connectivity index (χ1v) is 9.09. The zero-order chi connectivity index (χ0) is 17.8. The summed E-state index contributed by atoms with van der Waals surface area (Å²) in [5.74, 6) is 0.749. The fourth-order valence-electron chi connectivity index (χ4n) is 2.59. The molecular formula is C19H16N4O2S. The minimum absolute atomic E-state index is 0.0425. The summed E-state index contributed by atoms with van der Waals surface area (Å²) in [7, 11) is 0. The molecule has 26 heavy (non-hydrogen) atoms. The molecule has 0 spiro atoms. The Labute approximate surface area is 153 Å². The molecule has 1 N–H and O–H groups in total. The van der Waals surface area contributed by atoms with Gasteiger partial charge < -0.3 is 9.73 Å². The van der Waals surface area contributed by atoms with E-state index in [2.05, 4.69) is 20.3 Å². The van der Waals surface area contributed by atoms with Gasteiger partial charge in [0.2, 0.25) is 5.91 Å². The number of fused-ring (bicyclic) bond motifs is 1. The van der Waals surface area contributed by atoms with Gasteiger partial charge in [-0.2, -0.15) is 0 Å². The Balaban J connectivity index is 1.35. The summed E-state index contributed by atoms with van der Waals surface area (Å²) in [4.78, 5) is 24.9. The van der Waals surface area contributed by atoms with E-state index in [1.807, 2.05) is 36.4 Å². The predicted octanol–water partition coefficient (Wildman–Crippen LogP) is 4.31. The van der Waals surface area contributed by atoms with Crippen molar-refractivity contribution in [2.75, 3.05) is 5.32 Å². The minimum Gasteiger partial charge on any atom is -0.449 e. The van der Waals surface area contributed by atoms with Crippen LogP contribution in [0, 0.1) is 0 Å². The van der Waals surface area contributed by atoms with Crippen molar-refractivity contribution in [2.45, 2.75) is 19.3 Å². The third-order valence-electron chi connectivity index (χ3n) is 3.87. The van der Waals surface area contributed by atoms with Gasteiger partial charge in [0.15, 0.2) is 6.39 Å². The fourth-order valence-corrected chi connectivity index (χ4v) is 3.53. The molecule has 130 valence electrons. The average molecular weight is 364 g/mol. The zero-order valence-electron chi connectivity index (χ0n) is 13.9. The molecule has 0 aliphatic heterocycles. The monoisotopic (exact) mass is 364 g/mol. The molecule has 4 rings (SSSR count). The first-order chi connectivity index (χ1) is 12.8. The van der Waals surface area contributed by atoms with E-state index >= 15 is 0 Å². The van der Waals surface area contributed by atoms with Crippen LogP contribution in [-0.4, -0.2) is 20.9 Å². The van der Waals surface area contributed by atoms with Crippen LogP contribution >= 0.6 is 11.3 Å². The minimum atomic E-state index is -0.0425. The molecule has 0 atom stereocenters. The number of rotatable bonds is 6. The third kappa shape index (κ3) is 3.78. The highest BCUT2D eigenvalue weighted by atomic mass is 32.1. The number of nitrogens with one attached hydrogen (secondary N) is 1. The van der Waals surface area contributed by atoms with Crippen molar-refractivity contribution >= 4 is 33.1 Å². The van der Waals surface area contributed by atoms with Crippen molar-refractivity contribution < 1.29 is 9.21 Å². The molecule has 0 saturated carbocycles. The Hall–Kier alpha value is -3.06. The molecule has 1 aromatic carbocycles. The second-order valence-electron chi connectivity index (χ2n) is 5.79. The number of benzene rings is 1. The summed E-state index contributed by atoms with van der Waals surface area (Å²) >= 11 is 1.60. The van der Waals surface area contributed by atoms with Gasteiger partial charge in [-0.25, -0.2) is 9.97 Å². The SMILES string of the molecule is O=C(CCCc1cnco1)Nc1ccc(-c2nc3ccccc3s2)nc1. The fraction of sp³-hybridized carbons (Fsp3) is 0.158. The molecule has 0 aliphatic rings. The number of aromatic nitrogens is 3. The van der Waals surface area contributed by atoms with Gasteiger partial charge in [-0.3, -0.25) is 9.78 Å². The molecule has 0 saturated heterocycles. The molecule has 0 fully saturated rings. The van der Waals surface area contributed by atoms with Gasteiger partial charge in [0.05, 0.1) is 34.0 Å². The Morgan fingerprint density at radius 2 is 2.08 bits per heavy atom. The van der Waals surface area contributed by atoms with Crippen LogP contribution in [0.4, 0.5) is 5.69 Å². The van der Waals surface area contributed by atoms with Gasteiger partial charge in [-0.05, 0) is 30.7 Å². The highest BCUT2D eigenvalue weighted by Gasteiger charge is 2.08. The van der Waals surface area contributed by atoms with Crippen molar-refractivity contribution in [1.82, 2.24) is 15.0 Å². The van der Waals surface area contributed by atoms with Gasteiger partial charge in [0.25, 0.3) is 0 Å². The first-order valence-electron chi connectivity index (χ1n) is 8.27. The highest BCUT2D eigenvalue weighted by molar-refractivity contribution is 7.21. The third-order valence-corrected chi connectivity index (χ3v) is 4.93. The standard InChI is InChI=1S/C19H16N4O2S/c24-18(7-3-4-14-11-20-12-25-14)22-13-8-9-16(21-10-13)19-23-15-5-1-2-6-17(15)26-19/h1-2,5-6,8-12H,3-4,7H2,(H,22,24). The number of carbonyl (C=O) groups excluding carboxylic acids is 1. The van der Waals surface area contributed by atoms with Crippen LogP contribution < -0.4 is 5.32 Å². The molecule has 0 aliphatic carbocycles. The van der Waals surface area contributed by atoms with Crippen LogP contribution in [0.2, 0.25) is 0 Å². The summed E-state index contributed by atoms with van der Waals surface area (Å²) < 4.78 is 6.29. The van der Waals surface area contributed by atoms with Crippen molar-refractivity contribution in [2.24, 2.45) is 0 Å². The Morgan fingerprint density at radius 3 is 2.85 bits per heavy atom. The maximum absolute atomic E-state index is 12.0. The maximum Gasteiger partial charge on any atom is 0.224 e. The average Bonchev–Trinajstić information content (AvgIpc) is 3.31. The summed E-state index contributed by atoms with van der Waals surface area (Å²) in [5.41, 5.74) is 2.45. The number of para-hydroxylation sites is 1. The lowest BCUT2D eigenvalue weighted by Crippen LogP contribution is -2.11. The Bertz CT molecular complexity index is 977. The van der Waals surface area contributed by atoms with Crippen LogP contribution in [0.15, 0.2) is 59.6 Å². The number of hydrogen-bond acceptors (Lipinski definition) is 6. The van der Waals surface area contributed by atoms with Crippen LogP contribution in [0.5, 0.6) is 0 Å². The van der Waals surface area contributed by atoms with Crippen LogP contribution in [0.25, 0.3) is 20.9 Å². The normalized spacial score (nSPS) is 10.9. The Morgan fingerprint density at radius 1 is 1.15 bits per heavy atom. The largest absolute Gasteiger partial charge is 0.449 e. The predicted molar refractivity (Wildman–Crippen MR) is 101 cm³/mol. The van der Waals surface area contributed by atoms with Gasteiger partial charge in [-0.1, -0.05) is 12.1 Å². The lowest BCUT2D eigenvalue weighted by atomic mass is 10.2. The molecule has 1 amide bonds.